The quantitative estimate of drug-likeness (QED) is 0.734. The molecular weight excluding hydrogens is 265 g/mol. The Hall–Kier alpha value is -0.940. The largest absolute Gasteiger partial charge is 0.243 e. The maximum absolute atomic E-state index is 13.2. The Morgan fingerprint density at radius 3 is 2.16 bits per heavy atom. The van der Waals surface area contributed by atoms with Gasteiger partial charge in [0.1, 0.15) is 5.82 Å². The van der Waals surface area contributed by atoms with Crippen LogP contribution in [-0.2, 0) is 10.0 Å². The van der Waals surface area contributed by atoms with Gasteiger partial charge in [0, 0.05) is 13.1 Å². The van der Waals surface area contributed by atoms with E-state index >= 15 is 0 Å². The van der Waals surface area contributed by atoms with Crippen LogP contribution in [0.15, 0.2) is 29.2 Å². The molecule has 108 valence electrons. The van der Waals surface area contributed by atoms with Gasteiger partial charge < -0.3 is 0 Å². The third kappa shape index (κ3) is 4.58. The minimum atomic E-state index is -3.57. The second-order valence-corrected chi connectivity index (χ2v) is 6.51. The number of nitrogens with zero attached hydrogens (tertiary/aromatic N) is 1. The first-order chi connectivity index (χ1) is 9.02. The molecule has 1 aromatic rings. The lowest BCUT2D eigenvalue weighted by Gasteiger charge is -2.21. The van der Waals surface area contributed by atoms with Crippen LogP contribution in [0.4, 0.5) is 4.39 Å². The van der Waals surface area contributed by atoms with Crippen molar-refractivity contribution in [2.24, 2.45) is 0 Å². The summed E-state index contributed by atoms with van der Waals surface area (Å²) in [6.07, 6.45) is 3.50. The maximum Gasteiger partial charge on any atom is 0.243 e. The lowest BCUT2D eigenvalue weighted by atomic mass is 10.3. The average Bonchev–Trinajstić information content (AvgIpc) is 2.38. The minimum Gasteiger partial charge on any atom is -0.207 e. The lowest BCUT2D eigenvalue weighted by Crippen LogP contribution is -2.33. The van der Waals surface area contributed by atoms with Crippen LogP contribution in [0, 0.1) is 5.82 Å². The van der Waals surface area contributed by atoms with Gasteiger partial charge >= 0.3 is 0 Å². The molecule has 0 aliphatic rings. The van der Waals surface area contributed by atoms with Crippen molar-refractivity contribution in [3.8, 4) is 0 Å². The van der Waals surface area contributed by atoms with Gasteiger partial charge in [-0.05, 0) is 31.0 Å². The van der Waals surface area contributed by atoms with Gasteiger partial charge in [0.2, 0.25) is 10.0 Å². The fourth-order valence-electron chi connectivity index (χ4n) is 1.80. The lowest BCUT2D eigenvalue weighted by molar-refractivity contribution is 0.395. The predicted octanol–water partition coefficient (Wildman–Crippen LogP) is 3.42. The molecule has 0 amide bonds. The van der Waals surface area contributed by atoms with E-state index in [9.17, 15) is 12.8 Å². The first-order valence-electron chi connectivity index (χ1n) is 6.78. The van der Waals surface area contributed by atoms with Crippen molar-refractivity contribution < 1.29 is 12.8 Å². The Kier molecular flexibility index (Phi) is 6.45. The van der Waals surface area contributed by atoms with Crippen LogP contribution in [0.3, 0.4) is 0 Å². The van der Waals surface area contributed by atoms with Gasteiger partial charge in [-0.1, -0.05) is 32.8 Å². The normalized spacial score (nSPS) is 12.0. The summed E-state index contributed by atoms with van der Waals surface area (Å²) in [4.78, 5) is 0.0414. The summed E-state index contributed by atoms with van der Waals surface area (Å²) in [5.41, 5.74) is 0. The van der Waals surface area contributed by atoms with Crippen LogP contribution in [0.1, 0.15) is 39.5 Å². The molecule has 0 aliphatic carbocycles. The molecule has 1 aromatic carbocycles. The van der Waals surface area contributed by atoms with E-state index in [1.54, 1.807) is 0 Å². The summed E-state index contributed by atoms with van der Waals surface area (Å²) in [7, 11) is -3.57. The molecule has 0 fully saturated rings. The molecule has 0 radical (unpaired) electrons. The van der Waals surface area contributed by atoms with Crippen LogP contribution in [0.2, 0.25) is 0 Å². The Bertz CT molecular complexity index is 480. The number of unbranched alkanes of at least 4 members (excludes halogenated alkanes) is 2. The zero-order valence-corrected chi connectivity index (χ0v) is 12.4. The van der Waals surface area contributed by atoms with Crippen molar-refractivity contribution in [2.75, 3.05) is 13.1 Å². The molecule has 0 saturated heterocycles. The second kappa shape index (κ2) is 7.60. The zero-order chi connectivity index (χ0) is 14.3. The minimum absolute atomic E-state index is 0.0414. The van der Waals surface area contributed by atoms with Crippen molar-refractivity contribution in [3.05, 3.63) is 30.1 Å². The van der Waals surface area contributed by atoms with Crippen LogP contribution in [0.5, 0.6) is 0 Å². The van der Waals surface area contributed by atoms with E-state index in [0.29, 0.717) is 13.1 Å². The molecule has 0 spiro atoms. The first-order valence-corrected chi connectivity index (χ1v) is 8.22. The molecule has 1 rings (SSSR count). The van der Waals surface area contributed by atoms with Crippen LogP contribution in [-0.4, -0.2) is 25.8 Å². The summed E-state index contributed by atoms with van der Waals surface area (Å²) in [5.74, 6) is -0.521. The molecule has 0 heterocycles. The highest BCUT2D eigenvalue weighted by Crippen LogP contribution is 2.18. The van der Waals surface area contributed by atoms with Gasteiger partial charge in [-0.2, -0.15) is 4.31 Å². The van der Waals surface area contributed by atoms with Crippen molar-refractivity contribution >= 4 is 10.0 Å². The summed E-state index contributed by atoms with van der Waals surface area (Å²) in [6, 6.07) is 5.21. The number of rotatable bonds is 8. The van der Waals surface area contributed by atoms with Crippen molar-refractivity contribution in [2.45, 2.75) is 44.4 Å². The third-order valence-electron chi connectivity index (χ3n) is 2.96. The van der Waals surface area contributed by atoms with E-state index in [4.69, 9.17) is 0 Å². The van der Waals surface area contributed by atoms with E-state index < -0.39 is 15.8 Å². The summed E-state index contributed by atoms with van der Waals surface area (Å²) in [5, 5.41) is 0. The van der Waals surface area contributed by atoms with E-state index in [-0.39, 0.29) is 4.90 Å². The number of sulfonamides is 1. The maximum atomic E-state index is 13.2. The van der Waals surface area contributed by atoms with Gasteiger partial charge in [-0.3, -0.25) is 0 Å². The van der Waals surface area contributed by atoms with Gasteiger partial charge in [0.25, 0.3) is 0 Å². The SMILES string of the molecule is CCCCN(CCCC)S(=O)(=O)c1cccc(F)c1. The van der Waals surface area contributed by atoms with Gasteiger partial charge in [-0.25, -0.2) is 12.8 Å². The topological polar surface area (TPSA) is 37.4 Å². The summed E-state index contributed by atoms with van der Waals surface area (Å²) >= 11 is 0. The Morgan fingerprint density at radius 1 is 1.11 bits per heavy atom. The molecule has 3 nitrogen and oxygen atoms in total. The van der Waals surface area contributed by atoms with E-state index in [1.165, 1.54) is 22.5 Å². The van der Waals surface area contributed by atoms with Crippen LogP contribution < -0.4 is 0 Å². The van der Waals surface area contributed by atoms with Crippen molar-refractivity contribution in [1.29, 1.82) is 0 Å². The number of hydrogen-bond acceptors (Lipinski definition) is 2. The molecule has 0 N–H and O–H groups in total. The molecular formula is C14H22FNO2S. The Labute approximate surface area is 115 Å². The Morgan fingerprint density at radius 2 is 1.68 bits per heavy atom. The summed E-state index contributed by atoms with van der Waals surface area (Å²) < 4.78 is 39.6. The van der Waals surface area contributed by atoms with Crippen molar-refractivity contribution in [3.63, 3.8) is 0 Å². The number of benzene rings is 1. The summed E-state index contributed by atoms with van der Waals surface area (Å²) in [6.45, 7) is 5.03. The fraction of sp³-hybridized carbons (Fsp3) is 0.571. The molecule has 0 unspecified atom stereocenters. The predicted molar refractivity (Wildman–Crippen MR) is 75.0 cm³/mol. The van der Waals surface area contributed by atoms with Gasteiger partial charge in [0.05, 0.1) is 4.90 Å². The molecule has 0 saturated carbocycles. The highest BCUT2D eigenvalue weighted by Gasteiger charge is 2.23. The zero-order valence-electron chi connectivity index (χ0n) is 11.6. The highest BCUT2D eigenvalue weighted by atomic mass is 32.2. The molecule has 5 heteroatoms. The van der Waals surface area contributed by atoms with Crippen LogP contribution >= 0.6 is 0 Å². The number of halogens is 1. The average molecular weight is 287 g/mol. The van der Waals surface area contributed by atoms with E-state index in [2.05, 4.69) is 0 Å². The smallest absolute Gasteiger partial charge is 0.207 e. The molecule has 0 aliphatic heterocycles. The van der Waals surface area contributed by atoms with Crippen molar-refractivity contribution in [1.82, 2.24) is 4.31 Å². The molecule has 0 atom stereocenters. The number of hydrogen-bond donors (Lipinski definition) is 0. The molecule has 0 aromatic heterocycles. The van der Waals surface area contributed by atoms with E-state index in [1.807, 2.05) is 13.8 Å². The standard InChI is InChI=1S/C14H22FNO2S/c1-3-5-10-16(11-6-4-2)19(17,18)14-9-7-8-13(15)12-14/h7-9,12H,3-6,10-11H2,1-2H3. The van der Waals surface area contributed by atoms with Crippen LogP contribution in [0.25, 0.3) is 0 Å². The van der Waals surface area contributed by atoms with Gasteiger partial charge in [0.15, 0.2) is 0 Å². The third-order valence-corrected chi connectivity index (χ3v) is 4.85. The highest BCUT2D eigenvalue weighted by molar-refractivity contribution is 7.89. The fourth-order valence-corrected chi connectivity index (χ4v) is 3.35. The Balaban J connectivity index is 2.97. The first kappa shape index (κ1) is 16.1. The van der Waals surface area contributed by atoms with E-state index in [0.717, 1.165) is 31.7 Å². The second-order valence-electron chi connectivity index (χ2n) is 4.57. The molecule has 0 bridgehead atoms. The molecule has 19 heavy (non-hydrogen) atoms. The van der Waals surface area contributed by atoms with Gasteiger partial charge in [-0.15, -0.1) is 0 Å². The monoisotopic (exact) mass is 287 g/mol.